The summed E-state index contributed by atoms with van der Waals surface area (Å²) in [5.74, 6) is 2.58. The van der Waals surface area contributed by atoms with Gasteiger partial charge in [-0.15, -0.1) is 0 Å². The first-order chi connectivity index (χ1) is 16.2. The zero-order chi connectivity index (χ0) is 23.8. The van der Waals surface area contributed by atoms with Gasteiger partial charge in [0.05, 0.1) is 22.3 Å². The molecule has 4 aliphatic rings. The number of nitrogens with zero attached hydrogens (tertiary/aromatic N) is 3. The van der Waals surface area contributed by atoms with Crippen LogP contribution < -0.4 is 5.32 Å². The number of hydrogen-bond acceptors (Lipinski definition) is 3. The number of carbonyl (C=O) groups excluding carboxylic acids is 1. The first kappa shape index (κ1) is 22.1. The molecule has 2 heterocycles. The number of carbonyl (C=O) groups is 1. The van der Waals surface area contributed by atoms with Crippen molar-refractivity contribution in [2.75, 3.05) is 0 Å². The topological polar surface area (TPSA) is 59.8 Å². The van der Waals surface area contributed by atoms with E-state index in [9.17, 15) is 4.79 Å². The quantitative estimate of drug-likeness (QED) is 0.478. The summed E-state index contributed by atoms with van der Waals surface area (Å²) in [6, 6.07) is 7.87. The van der Waals surface area contributed by atoms with Crippen LogP contribution in [-0.4, -0.2) is 26.7 Å². The van der Waals surface area contributed by atoms with Crippen molar-refractivity contribution in [2.45, 2.75) is 72.3 Å². The van der Waals surface area contributed by atoms with Crippen molar-refractivity contribution >= 4 is 28.5 Å². The summed E-state index contributed by atoms with van der Waals surface area (Å²) in [4.78, 5) is 18.5. The van der Waals surface area contributed by atoms with E-state index in [1.54, 1.807) is 0 Å². The van der Waals surface area contributed by atoms with E-state index in [0.29, 0.717) is 16.2 Å². The van der Waals surface area contributed by atoms with Gasteiger partial charge in [-0.1, -0.05) is 17.7 Å². The third-order valence-electron chi connectivity index (χ3n) is 9.00. The van der Waals surface area contributed by atoms with Crippen molar-refractivity contribution in [1.29, 1.82) is 0 Å². The molecule has 4 saturated carbocycles. The van der Waals surface area contributed by atoms with Gasteiger partial charge < -0.3 is 5.32 Å². The number of amides is 1. The Labute approximate surface area is 206 Å². The number of hydrogen-bond donors (Lipinski definition) is 1. The molecule has 0 spiro atoms. The minimum atomic E-state index is -0.00999. The highest BCUT2D eigenvalue weighted by molar-refractivity contribution is 6.31. The lowest BCUT2D eigenvalue weighted by atomic mass is 9.48. The SMILES string of the molecule is Cc1cc(C(=O)N[C@@H](C)C23CC4CC(CC(C4)C2)C3)c2c(C)nn(-c3cccc(Cl)c3C)c2n1. The fourth-order valence-electron chi connectivity index (χ4n) is 7.72. The van der Waals surface area contributed by atoms with Crippen LogP contribution in [0.15, 0.2) is 24.3 Å². The van der Waals surface area contributed by atoms with Crippen LogP contribution in [0.4, 0.5) is 0 Å². The monoisotopic (exact) mass is 476 g/mol. The Balaban J connectivity index is 1.37. The number of aryl methyl sites for hydroxylation is 2. The fraction of sp³-hybridized carbons (Fsp3) is 0.536. The van der Waals surface area contributed by atoms with Gasteiger partial charge >= 0.3 is 0 Å². The Bertz CT molecular complexity index is 1270. The van der Waals surface area contributed by atoms with E-state index in [0.717, 1.165) is 45.8 Å². The Morgan fingerprint density at radius 1 is 1.12 bits per heavy atom. The van der Waals surface area contributed by atoms with Crippen LogP contribution in [0.25, 0.3) is 16.7 Å². The molecular weight excluding hydrogens is 444 g/mol. The number of pyridine rings is 1. The second-order valence-electron chi connectivity index (χ2n) is 11.4. The minimum Gasteiger partial charge on any atom is -0.349 e. The maximum Gasteiger partial charge on any atom is 0.252 e. The molecule has 3 aromatic rings. The minimum absolute atomic E-state index is 0.00999. The first-order valence-corrected chi connectivity index (χ1v) is 13.1. The van der Waals surface area contributed by atoms with Crippen LogP contribution >= 0.6 is 11.6 Å². The summed E-state index contributed by atoms with van der Waals surface area (Å²) in [6.07, 6.45) is 8.05. The summed E-state index contributed by atoms with van der Waals surface area (Å²) in [5, 5.41) is 9.75. The number of rotatable bonds is 4. The largest absolute Gasteiger partial charge is 0.349 e. The van der Waals surface area contributed by atoms with Crippen LogP contribution in [0.3, 0.4) is 0 Å². The standard InChI is InChI=1S/C28H33ClN4O/c1-15-8-22(25-17(3)32-33(26(25)30-15)24-7-5-6-23(29)16(24)2)27(34)31-18(4)28-12-19-9-20(13-28)11-21(10-19)14-28/h5-8,18-21H,9-14H2,1-4H3,(H,31,34)/t18-,19?,20?,21?,28?/m0/s1. The second kappa shape index (κ2) is 7.81. The summed E-state index contributed by atoms with van der Waals surface area (Å²) in [6.45, 7) is 8.12. The molecule has 1 N–H and O–H groups in total. The second-order valence-corrected chi connectivity index (χ2v) is 11.8. The van der Waals surface area contributed by atoms with Crippen LogP contribution in [0.2, 0.25) is 5.02 Å². The molecule has 1 amide bonds. The molecule has 7 rings (SSSR count). The molecule has 4 fully saturated rings. The molecule has 1 aromatic carbocycles. The predicted octanol–water partition coefficient (Wildman–Crippen LogP) is 6.33. The highest BCUT2D eigenvalue weighted by Crippen LogP contribution is 2.61. The zero-order valence-electron chi connectivity index (χ0n) is 20.5. The van der Waals surface area contributed by atoms with E-state index in [1.165, 1.54) is 38.5 Å². The van der Waals surface area contributed by atoms with Crippen LogP contribution in [-0.2, 0) is 0 Å². The first-order valence-electron chi connectivity index (χ1n) is 12.7. The number of halogens is 1. The molecule has 0 radical (unpaired) electrons. The molecule has 2 aromatic heterocycles. The van der Waals surface area contributed by atoms with Crippen LogP contribution in [0.1, 0.15) is 72.8 Å². The van der Waals surface area contributed by atoms with Crippen molar-refractivity contribution in [3.8, 4) is 5.69 Å². The van der Waals surface area contributed by atoms with Crippen molar-refractivity contribution in [3.05, 3.63) is 51.8 Å². The number of benzene rings is 1. The number of nitrogens with one attached hydrogen (secondary N) is 1. The van der Waals surface area contributed by atoms with Gasteiger partial charge in [-0.3, -0.25) is 4.79 Å². The lowest BCUT2D eigenvalue weighted by Crippen LogP contribution is -2.55. The van der Waals surface area contributed by atoms with Gasteiger partial charge in [0.15, 0.2) is 5.65 Å². The molecule has 0 aliphatic heterocycles. The normalized spacial score (nSPS) is 28.4. The van der Waals surface area contributed by atoms with Crippen LogP contribution in [0, 0.1) is 43.9 Å². The van der Waals surface area contributed by atoms with Crippen molar-refractivity contribution in [2.24, 2.45) is 23.2 Å². The highest BCUT2D eigenvalue weighted by atomic mass is 35.5. The van der Waals surface area contributed by atoms with Gasteiger partial charge in [0.25, 0.3) is 5.91 Å². The highest BCUT2D eigenvalue weighted by Gasteiger charge is 2.53. The predicted molar refractivity (Wildman–Crippen MR) is 136 cm³/mol. The van der Waals surface area contributed by atoms with Crippen molar-refractivity contribution in [1.82, 2.24) is 20.1 Å². The zero-order valence-corrected chi connectivity index (χ0v) is 21.2. The summed E-state index contributed by atoms with van der Waals surface area (Å²) >= 11 is 6.40. The molecule has 4 aliphatic carbocycles. The van der Waals surface area contributed by atoms with Crippen molar-refractivity contribution < 1.29 is 4.79 Å². The molecule has 5 nitrogen and oxygen atoms in total. The average molecular weight is 477 g/mol. The Morgan fingerprint density at radius 2 is 1.76 bits per heavy atom. The van der Waals surface area contributed by atoms with Gasteiger partial charge in [0.1, 0.15) is 0 Å². The van der Waals surface area contributed by atoms with E-state index < -0.39 is 0 Å². The van der Waals surface area contributed by atoms with Crippen molar-refractivity contribution in [3.63, 3.8) is 0 Å². The third-order valence-corrected chi connectivity index (χ3v) is 9.41. The molecule has 6 heteroatoms. The number of fused-ring (bicyclic) bond motifs is 1. The van der Waals surface area contributed by atoms with E-state index in [2.05, 4.69) is 12.2 Å². The molecule has 34 heavy (non-hydrogen) atoms. The van der Waals surface area contributed by atoms with Gasteiger partial charge in [-0.25, -0.2) is 9.67 Å². The van der Waals surface area contributed by atoms with Crippen LogP contribution in [0.5, 0.6) is 0 Å². The van der Waals surface area contributed by atoms with E-state index in [1.807, 2.05) is 49.7 Å². The Kier molecular flexibility index (Phi) is 5.07. The lowest BCUT2D eigenvalue weighted by molar-refractivity contribution is -0.0687. The summed E-state index contributed by atoms with van der Waals surface area (Å²) in [7, 11) is 0. The molecule has 0 unspecified atom stereocenters. The lowest BCUT2D eigenvalue weighted by Gasteiger charge is -2.59. The summed E-state index contributed by atoms with van der Waals surface area (Å²) < 4.78 is 1.83. The van der Waals surface area contributed by atoms with E-state index in [-0.39, 0.29) is 17.4 Å². The van der Waals surface area contributed by atoms with Gasteiger partial charge in [-0.2, -0.15) is 5.10 Å². The maximum atomic E-state index is 13.7. The smallest absolute Gasteiger partial charge is 0.252 e. The van der Waals surface area contributed by atoms with E-state index in [4.69, 9.17) is 21.7 Å². The maximum absolute atomic E-state index is 13.7. The number of aromatic nitrogens is 3. The van der Waals surface area contributed by atoms with E-state index >= 15 is 0 Å². The van der Waals surface area contributed by atoms with Gasteiger partial charge in [-0.05, 0) is 113 Å². The molecule has 1 atom stereocenters. The Morgan fingerprint density at radius 3 is 2.41 bits per heavy atom. The molecule has 4 bridgehead atoms. The fourth-order valence-corrected chi connectivity index (χ4v) is 7.89. The molecule has 178 valence electrons. The molecular formula is C28H33ClN4O. The Hall–Kier alpha value is -2.40. The van der Waals surface area contributed by atoms with Gasteiger partial charge in [0, 0.05) is 16.8 Å². The molecule has 0 saturated heterocycles. The third kappa shape index (κ3) is 3.38. The van der Waals surface area contributed by atoms with Gasteiger partial charge in [0.2, 0.25) is 0 Å². The average Bonchev–Trinajstić information content (AvgIpc) is 3.10. The summed E-state index contributed by atoms with van der Waals surface area (Å²) in [5.41, 5.74) is 5.08.